The van der Waals surface area contributed by atoms with E-state index < -0.39 is 28.8 Å². The number of ketones is 1. The Morgan fingerprint density at radius 1 is 1.35 bits per heavy atom. The number of hydroxylamine groups is 2. The molecule has 0 N–H and O–H groups in total. The normalized spacial score (nSPS) is 23.9. The molecule has 7 nitrogen and oxygen atoms in total. The van der Waals surface area contributed by atoms with Crippen LogP contribution in [0.3, 0.4) is 0 Å². The van der Waals surface area contributed by atoms with Crippen molar-refractivity contribution >= 4 is 35.6 Å². The molecule has 0 saturated carbocycles. The Hall–Kier alpha value is -1.83. The SMILES string of the molecule is O=C1C=COSC1C(=O)ON1C(=O)CCC1=O. The van der Waals surface area contributed by atoms with Crippen molar-refractivity contribution in [1.82, 2.24) is 5.06 Å². The van der Waals surface area contributed by atoms with Crippen LogP contribution < -0.4 is 0 Å². The van der Waals surface area contributed by atoms with E-state index in [1.165, 1.54) is 0 Å². The van der Waals surface area contributed by atoms with Crippen molar-refractivity contribution in [3.05, 3.63) is 12.3 Å². The van der Waals surface area contributed by atoms with E-state index in [0.29, 0.717) is 17.1 Å². The van der Waals surface area contributed by atoms with Crippen LogP contribution in [0.25, 0.3) is 0 Å². The molecule has 1 fully saturated rings. The standard InChI is InChI=1S/C9H7NO6S/c11-5-3-4-15-17-8(5)9(14)16-10-6(12)1-2-7(10)13/h3-4,8H,1-2H2. The predicted octanol–water partition coefficient (Wildman–Crippen LogP) is -0.277. The van der Waals surface area contributed by atoms with Gasteiger partial charge in [0.05, 0.1) is 12.0 Å². The minimum Gasteiger partial charge on any atom is -0.432 e. The summed E-state index contributed by atoms with van der Waals surface area (Å²) in [6.07, 6.45) is 2.24. The van der Waals surface area contributed by atoms with Crippen LogP contribution in [0, 0.1) is 0 Å². The molecule has 0 aliphatic carbocycles. The van der Waals surface area contributed by atoms with Crippen LogP contribution in [0.15, 0.2) is 12.3 Å². The number of allylic oxidation sites excluding steroid dienone is 1. The molecule has 8 heteroatoms. The second kappa shape index (κ2) is 4.58. The Bertz CT molecular complexity index is 415. The fourth-order valence-corrected chi connectivity index (χ4v) is 1.79. The number of carbonyl (C=O) groups excluding carboxylic acids is 4. The summed E-state index contributed by atoms with van der Waals surface area (Å²) in [7, 11) is 0. The molecule has 1 atom stereocenters. The van der Waals surface area contributed by atoms with Crippen molar-refractivity contribution in [2.24, 2.45) is 0 Å². The maximum Gasteiger partial charge on any atom is 0.357 e. The van der Waals surface area contributed by atoms with E-state index in [1.54, 1.807) is 0 Å². The van der Waals surface area contributed by atoms with Gasteiger partial charge in [0.25, 0.3) is 11.8 Å². The molecule has 90 valence electrons. The summed E-state index contributed by atoms with van der Waals surface area (Å²) in [5.74, 6) is -2.68. The van der Waals surface area contributed by atoms with Crippen molar-refractivity contribution in [3.63, 3.8) is 0 Å². The van der Waals surface area contributed by atoms with Crippen LogP contribution in [0.2, 0.25) is 0 Å². The molecule has 0 aromatic carbocycles. The zero-order chi connectivity index (χ0) is 12.4. The first kappa shape index (κ1) is 11.6. The van der Waals surface area contributed by atoms with Gasteiger partial charge in [0, 0.05) is 18.9 Å². The van der Waals surface area contributed by atoms with E-state index in [9.17, 15) is 19.2 Å². The van der Waals surface area contributed by atoms with Gasteiger partial charge in [0.15, 0.2) is 5.78 Å². The minimum atomic E-state index is -1.21. The van der Waals surface area contributed by atoms with Gasteiger partial charge in [0.1, 0.15) is 6.26 Å². The van der Waals surface area contributed by atoms with Crippen LogP contribution in [0.1, 0.15) is 12.8 Å². The Labute approximate surface area is 99.9 Å². The van der Waals surface area contributed by atoms with Crippen LogP contribution in [-0.2, 0) is 28.2 Å². The third-order valence-electron chi connectivity index (χ3n) is 2.10. The Morgan fingerprint density at radius 2 is 2.00 bits per heavy atom. The predicted molar refractivity (Wildman–Crippen MR) is 53.8 cm³/mol. The summed E-state index contributed by atoms with van der Waals surface area (Å²) < 4.78 is 4.72. The van der Waals surface area contributed by atoms with Gasteiger partial charge in [-0.15, -0.1) is 5.06 Å². The van der Waals surface area contributed by atoms with E-state index in [1.807, 2.05) is 0 Å². The van der Waals surface area contributed by atoms with Crippen LogP contribution in [0.4, 0.5) is 0 Å². The first-order chi connectivity index (χ1) is 8.09. The zero-order valence-electron chi connectivity index (χ0n) is 8.45. The average molecular weight is 257 g/mol. The monoisotopic (exact) mass is 257 g/mol. The number of rotatable bonds is 2. The Balaban J connectivity index is 2.01. The summed E-state index contributed by atoms with van der Waals surface area (Å²) in [4.78, 5) is 49.8. The summed E-state index contributed by atoms with van der Waals surface area (Å²) in [6, 6.07) is 0. The molecule has 1 saturated heterocycles. The van der Waals surface area contributed by atoms with Gasteiger partial charge in [0.2, 0.25) is 5.25 Å². The largest absolute Gasteiger partial charge is 0.432 e. The third-order valence-corrected chi connectivity index (χ3v) is 2.94. The van der Waals surface area contributed by atoms with Crippen LogP contribution in [-0.4, -0.2) is 33.9 Å². The van der Waals surface area contributed by atoms with Crippen LogP contribution in [0.5, 0.6) is 0 Å². The summed E-state index contributed by atoms with van der Waals surface area (Å²) in [6.45, 7) is 0. The van der Waals surface area contributed by atoms with Crippen molar-refractivity contribution in [2.45, 2.75) is 18.1 Å². The second-order valence-electron chi connectivity index (χ2n) is 3.27. The minimum absolute atomic E-state index is 0.00821. The lowest BCUT2D eigenvalue weighted by molar-refractivity contribution is -0.197. The lowest BCUT2D eigenvalue weighted by Gasteiger charge is -2.17. The van der Waals surface area contributed by atoms with E-state index in [0.717, 1.165) is 12.3 Å². The van der Waals surface area contributed by atoms with Crippen molar-refractivity contribution in [3.8, 4) is 0 Å². The Morgan fingerprint density at radius 3 is 2.59 bits per heavy atom. The summed E-state index contributed by atoms with van der Waals surface area (Å²) >= 11 is 0.605. The molecule has 2 aliphatic heterocycles. The van der Waals surface area contributed by atoms with Gasteiger partial charge in [-0.2, -0.15) is 0 Å². The average Bonchev–Trinajstić information content (AvgIpc) is 2.61. The number of amides is 2. The van der Waals surface area contributed by atoms with Gasteiger partial charge < -0.3 is 9.02 Å². The number of hydrogen-bond donors (Lipinski definition) is 0. The van der Waals surface area contributed by atoms with Crippen molar-refractivity contribution in [2.75, 3.05) is 0 Å². The highest BCUT2D eigenvalue weighted by Gasteiger charge is 2.38. The molecule has 2 amide bonds. The molecule has 0 spiro atoms. The molecule has 2 rings (SSSR count). The zero-order valence-corrected chi connectivity index (χ0v) is 9.27. The summed E-state index contributed by atoms with van der Waals surface area (Å²) in [5, 5.41) is -0.810. The molecule has 0 radical (unpaired) electrons. The van der Waals surface area contributed by atoms with Gasteiger partial charge in [-0.3, -0.25) is 14.4 Å². The molecule has 1 unspecified atom stereocenters. The van der Waals surface area contributed by atoms with Crippen molar-refractivity contribution in [1.29, 1.82) is 0 Å². The highest BCUT2D eigenvalue weighted by atomic mass is 32.2. The van der Waals surface area contributed by atoms with Gasteiger partial charge in [-0.25, -0.2) is 4.79 Å². The fourth-order valence-electron chi connectivity index (χ4n) is 1.27. The number of hydrogen-bond acceptors (Lipinski definition) is 7. The summed E-state index contributed by atoms with van der Waals surface area (Å²) in [5.41, 5.74) is 0. The molecular weight excluding hydrogens is 250 g/mol. The van der Waals surface area contributed by atoms with Gasteiger partial charge in [-0.1, -0.05) is 0 Å². The van der Waals surface area contributed by atoms with Gasteiger partial charge >= 0.3 is 5.97 Å². The van der Waals surface area contributed by atoms with E-state index in [4.69, 9.17) is 4.18 Å². The topological polar surface area (TPSA) is 90.0 Å². The lowest BCUT2D eigenvalue weighted by atomic mass is 10.3. The smallest absolute Gasteiger partial charge is 0.357 e. The number of nitrogens with zero attached hydrogens (tertiary/aromatic N) is 1. The molecule has 2 aliphatic rings. The molecule has 17 heavy (non-hydrogen) atoms. The molecule has 0 bridgehead atoms. The Kier molecular flexibility index (Phi) is 3.14. The van der Waals surface area contributed by atoms with Crippen LogP contribution >= 0.6 is 12.0 Å². The molecular formula is C9H7NO6S. The quantitative estimate of drug-likeness (QED) is 0.382. The first-order valence-electron chi connectivity index (χ1n) is 4.69. The number of carbonyl (C=O) groups is 4. The van der Waals surface area contributed by atoms with E-state index in [2.05, 4.69) is 4.84 Å². The third kappa shape index (κ3) is 2.31. The maximum atomic E-state index is 11.5. The van der Waals surface area contributed by atoms with Crippen molar-refractivity contribution < 1.29 is 28.2 Å². The molecule has 0 aromatic rings. The second-order valence-corrected chi connectivity index (χ2v) is 4.13. The van der Waals surface area contributed by atoms with E-state index in [-0.39, 0.29) is 12.8 Å². The van der Waals surface area contributed by atoms with E-state index >= 15 is 0 Å². The molecule has 2 heterocycles. The maximum absolute atomic E-state index is 11.5. The highest BCUT2D eigenvalue weighted by Crippen LogP contribution is 2.22. The fraction of sp³-hybridized carbons (Fsp3) is 0.333. The van der Waals surface area contributed by atoms with Gasteiger partial charge in [-0.05, 0) is 0 Å². The highest BCUT2D eigenvalue weighted by molar-refractivity contribution is 7.97. The lowest BCUT2D eigenvalue weighted by Crippen LogP contribution is -2.38. The number of imide groups is 1. The first-order valence-corrected chi connectivity index (χ1v) is 5.50. The molecule has 0 aromatic heterocycles.